The average Bonchev–Trinajstić information content (AvgIpc) is 3.61. The van der Waals surface area contributed by atoms with Crippen LogP contribution in [0.1, 0.15) is 33.6 Å². The molecule has 0 atom stereocenters. The molecule has 5 aromatic rings. The van der Waals surface area contributed by atoms with E-state index >= 15 is 0 Å². The number of hydrogen-bond acceptors (Lipinski definition) is 4. The fourth-order valence-corrected chi connectivity index (χ4v) is 4.78. The highest BCUT2D eigenvalue weighted by Gasteiger charge is 2.30. The summed E-state index contributed by atoms with van der Waals surface area (Å²) in [6, 6.07) is 23.8. The van der Waals surface area contributed by atoms with E-state index in [1.165, 1.54) is 0 Å². The van der Waals surface area contributed by atoms with E-state index < -0.39 is 0 Å². The Balaban J connectivity index is 1.39. The van der Waals surface area contributed by atoms with Gasteiger partial charge in [0.25, 0.3) is 5.91 Å². The zero-order chi connectivity index (χ0) is 26.2. The molecule has 0 unspecified atom stereocenters. The lowest BCUT2D eigenvalue weighted by Crippen LogP contribution is -2.17. The van der Waals surface area contributed by atoms with Crippen LogP contribution in [0.2, 0.25) is 0 Å². The molecule has 1 fully saturated rings. The number of rotatable bonds is 7. The van der Waals surface area contributed by atoms with Crippen LogP contribution in [0.3, 0.4) is 0 Å². The van der Waals surface area contributed by atoms with Gasteiger partial charge in [0.1, 0.15) is 11.6 Å². The molecule has 0 bridgehead atoms. The first-order chi connectivity index (χ1) is 18.5. The van der Waals surface area contributed by atoms with Gasteiger partial charge in [-0.05, 0) is 65.9 Å². The summed E-state index contributed by atoms with van der Waals surface area (Å²) < 4.78 is 9.09. The van der Waals surface area contributed by atoms with Crippen LogP contribution >= 0.6 is 0 Å². The normalized spacial score (nSPS) is 13.0. The van der Waals surface area contributed by atoms with Gasteiger partial charge in [-0.1, -0.05) is 36.4 Å². The lowest BCUT2D eigenvalue weighted by molar-refractivity contribution is 0.0885. The number of carbonyl (C=O) groups excluding carboxylic acids is 2. The minimum Gasteiger partial charge on any atom is -0.497 e. The lowest BCUT2D eigenvalue weighted by Gasteiger charge is -2.10. The van der Waals surface area contributed by atoms with E-state index in [-0.39, 0.29) is 17.7 Å². The number of fused-ring (bicyclic) bond motifs is 1. The zero-order valence-corrected chi connectivity index (χ0v) is 21.3. The van der Waals surface area contributed by atoms with Gasteiger partial charge in [0, 0.05) is 36.5 Å². The summed E-state index contributed by atoms with van der Waals surface area (Å²) in [5, 5.41) is 2.70. The molecular weight excluding hydrogens is 476 g/mol. The minimum absolute atomic E-state index is 0.147. The van der Waals surface area contributed by atoms with Gasteiger partial charge < -0.3 is 14.6 Å². The molecule has 38 heavy (non-hydrogen) atoms. The fraction of sp³-hybridized carbons (Fsp3) is 0.194. The molecule has 3 aromatic carbocycles. The molecular formula is C31H28N4O3. The molecule has 190 valence electrons. The highest BCUT2D eigenvalue weighted by atomic mass is 16.5. The van der Waals surface area contributed by atoms with Crippen LogP contribution in [0.5, 0.6) is 5.75 Å². The molecule has 2 aromatic heterocycles. The van der Waals surface area contributed by atoms with E-state index in [1.807, 2.05) is 54.9 Å². The number of aromatic nitrogens is 3. The van der Waals surface area contributed by atoms with Crippen LogP contribution in [0.15, 0.2) is 85.2 Å². The van der Waals surface area contributed by atoms with Crippen molar-refractivity contribution in [1.29, 1.82) is 0 Å². The van der Waals surface area contributed by atoms with E-state index in [0.29, 0.717) is 12.1 Å². The number of hydrogen-bond donors (Lipinski definition) is 1. The third-order valence-corrected chi connectivity index (χ3v) is 7.08. The molecule has 1 aliphatic carbocycles. The van der Waals surface area contributed by atoms with E-state index in [4.69, 9.17) is 9.72 Å². The molecule has 1 saturated carbocycles. The van der Waals surface area contributed by atoms with Crippen molar-refractivity contribution in [3.63, 3.8) is 0 Å². The van der Waals surface area contributed by atoms with Crippen molar-refractivity contribution in [2.45, 2.75) is 19.4 Å². The average molecular weight is 505 g/mol. The summed E-state index contributed by atoms with van der Waals surface area (Å²) >= 11 is 0. The fourth-order valence-electron chi connectivity index (χ4n) is 4.78. The maximum atomic E-state index is 12.6. The number of amides is 1. The Kier molecular flexibility index (Phi) is 6.04. The van der Waals surface area contributed by atoms with Gasteiger partial charge in [-0.3, -0.25) is 14.2 Å². The third kappa shape index (κ3) is 4.47. The van der Waals surface area contributed by atoms with Crippen molar-refractivity contribution < 1.29 is 14.3 Å². The van der Waals surface area contributed by atoms with Gasteiger partial charge in [-0.15, -0.1) is 0 Å². The molecule has 1 aliphatic rings. The summed E-state index contributed by atoms with van der Waals surface area (Å²) in [7, 11) is 3.28. The van der Waals surface area contributed by atoms with Crippen molar-refractivity contribution in [2.75, 3.05) is 14.2 Å². The smallest absolute Gasteiger partial charge is 0.251 e. The molecule has 7 heteroatoms. The van der Waals surface area contributed by atoms with Crippen LogP contribution < -0.4 is 10.1 Å². The van der Waals surface area contributed by atoms with Gasteiger partial charge in [-0.25, -0.2) is 4.98 Å². The van der Waals surface area contributed by atoms with Gasteiger partial charge in [0.15, 0.2) is 0 Å². The molecule has 7 nitrogen and oxygen atoms in total. The van der Waals surface area contributed by atoms with E-state index in [2.05, 4.69) is 34.1 Å². The highest BCUT2D eigenvalue weighted by Crippen LogP contribution is 2.32. The monoisotopic (exact) mass is 504 g/mol. The van der Waals surface area contributed by atoms with Crippen LogP contribution in [0, 0.1) is 5.92 Å². The second-order valence-electron chi connectivity index (χ2n) is 9.65. The first-order valence-electron chi connectivity index (χ1n) is 12.7. The molecule has 0 radical (unpaired) electrons. The summed E-state index contributed by atoms with van der Waals surface area (Å²) in [5.41, 5.74) is 6.40. The number of methoxy groups -OCH3 is 1. The molecule has 2 heterocycles. The number of carbonyl (C=O) groups is 2. The zero-order valence-electron chi connectivity index (χ0n) is 21.3. The first kappa shape index (κ1) is 23.7. The molecule has 0 spiro atoms. The second-order valence-corrected chi connectivity index (χ2v) is 9.65. The van der Waals surface area contributed by atoms with Gasteiger partial charge in [0.2, 0.25) is 5.91 Å². The number of imidazole rings is 1. The summed E-state index contributed by atoms with van der Waals surface area (Å²) in [6.07, 6.45) is 5.69. The maximum Gasteiger partial charge on any atom is 0.251 e. The summed E-state index contributed by atoms with van der Waals surface area (Å²) in [6.45, 7) is 0.522. The Labute approximate surface area is 220 Å². The van der Waals surface area contributed by atoms with E-state index in [9.17, 15) is 9.59 Å². The van der Waals surface area contributed by atoms with Crippen molar-refractivity contribution >= 4 is 22.8 Å². The van der Waals surface area contributed by atoms with Crippen LogP contribution in [-0.2, 0) is 6.54 Å². The molecule has 1 amide bonds. The minimum atomic E-state index is -0.147. The second kappa shape index (κ2) is 9.67. The Bertz CT molecular complexity index is 1640. The summed E-state index contributed by atoms with van der Waals surface area (Å²) in [5.74, 6) is 1.79. The Morgan fingerprint density at radius 3 is 2.29 bits per heavy atom. The quantitative estimate of drug-likeness (QED) is 0.311. The van der Waals surface area contributed by atoms with Gasteiger partial charge >= 0.3 is 0 Å². The topological polar surface area (TPSA) is 78.2 Å². The number of nitrogens with zero attached hydrogens (tertiary/aromatic N) is 3. The highest BCUT2D eigenvalue weighted by molar-refractivity contribution is 5.97. The maximum absolute atomic E-state index is 12.6. The molecule has 0 aliphatic heterocycles. The van der Waals surface area contributed by atoms with Crippen LogP contribution in [0.25, 0.3) is 33.5 Å². The molecule has 0 saturated heterocycles. The largest absolute Gasteiger partial charge is 0.497 e. The number of ether oxygens (including phenoxy) is 1. The third-order valence-electron chi connectivity index (χ3n) is 7.08. The van der Waals surface area contributed by atoms with E-state index in [0.717, 1.165) is 57.7 Å². The first-order valence-corrected chi connectivity index (χ1v) is 12.7. The SMILES string of the molecule is CNC(=O)c1ccc2nc(-c3ccc(-c4ccc(OC)cc4)cc3)n(Cc3ccn(C(=O)C4CC4)c3)c2c1. The van der Waals surface area contributed by atoms with Crippen molar-refractivity contribution in [3.05, 3.63) is 96.3 Å². The standard InChI is InChI=1S/C31H28N4O3/c1-32-30(36)25-11-14-27-28(17-25)35(19-20-15-16-34(18-20)31(37)24-7-8-24)29(33-27)23-5-3-21(4-6-23)22-9-12-26(38-2)13-10-22/h3-6,9-18,24H,7-8,19H2,1-2H3,(H,32,36). The van der Waals surface area contributed by atoms with Crippen molar-refractivity contribution in [1.82, 2.24) is 19.4 Å². The predicted octanol–water partition coefficient (Wildman–Crippen LogP) is 5.64. The van der Waals surface area contributed by atoms with Gasteiger partial charge in [0.05, 0.1) is 24.7 Å². The molecule has 6 rings (SSSR count). The molecule has 1 N–H and O–H groups in total. The Morgan fingerprint density at radius 1 is 0.947 bits per heavy atom. The van der Waals surface area contributed by atoms with Crippen LogP contribution in [0.4, 0.5) is 0 Å². The van der Waals surface area contributed by atoms with Crippen LogP contribution in [-0.4, -0.2) is 40.1 Å². The predicted molar refractivity (Wildman–Crippen MR) is 147 cm³/mol. The van der Waals surface area contributed by atoms with Gasteiger partial charge in [-0.2, -0.15) is 0 Å². The van der Waals surface area contributed by atoms with Crippen molar-refractivity contribution in [3.8, 4) is 28.3 Å². The van der Waals surface area contributed by atoms with Crippen molar-refractivity contribution in [2.24, 2.45) is 5.92 Å². The number of nitrogens with one attached hydrogen (secondary N) is 1. The number of benzene rings is 3. The van der Waals surface area contributed by atoms with E-state index in [1.54, 1.807) is 24.8 Å². The Hall–Kier alpha value is -4.65. The Morgan fingerprint density at radius 2 is 1.63 bits per heavy atom. The lowest BCUT2D eigenvalue weighted by atomic mass is 10.0. The summed E-state index contributed by atoms with van der Waals surface area (Å²) in [4.78, 5) is 29.9.